The zero-order valence-electron chi connectivity index (χ0n) is 13.1. The van der Waals surface area contributed by atoms with Gasteiger partial charge in [0.25, 0.3) is 0 Å². The molecule has 0 radical (unpaired) electrons. The van der Waals surface area contributed by atoms with Gasteiger partial charge in [-0.25, -0.2) is 0 Å². The van der Waals surface area contributed by atoms with E-state index in [1.165, 1.54) is 0 Å². The molecule has 0 aliphatic heterocycles. The quantitative estimate of drug-likeness (QED) is 0.769. The number of ether oxygens (including phenoxy) is 2. The maximum atomic E-state index is 6.41. The van der Waals surface area contributed by atoms with Crippen LogP contribution in [0.25, 0.3) is 0 Å². The number of methoxy groups -OCH3 is 2. The summed E-state index contributed by atoms with van der Waals surface area (Å²) in [5.41, 5.74) is 1.08. The maximum absolute atomic E-state index is 6.41. The SMILES string of the molecule is CCNC(CCC(C)C)c1cc(OC)c(OC)cc1Cl. The second kappa shape index (κ2) is 8.38. The van der Waals surface area contributed by atoms with Gasteiger partial charge in [-0.05, 0) is 36.9 Å². The molecule has 0 spiro atoms. The highest BCUT2D eigenvalue weighted by molar-refractivity contribution is 6.31. The summed E-state index contributed by atoms with van der Waals surface area (Å²) in [5, 5.41) is 4.22. The van der Waals surface area contributed by atoms with Crippen LogP contribution in [-0.4, -0.2) is 20.8 Å². The molecule has 0 heterocycles. The average Bonchev–Trinajstić information content (AvgIpc) is 2.43. The van der Waals surface area contributed by atoms with E-state index in [0.29, 0.717) is 11.7 Å². The van der Waals surface area contributed by atoms with Gasteiger partial charge in [0.15, 0.2) is 11.5 Å². The second-order valence-electron chi connectivity index (χ2n) is 5.31. The van der Waals surface area contributed by atoms with Gasteiger partial charge in [-0.15, -0.1) is 0 Å². The van der Waals surface area contributed by atoms with Gasteiger partial charge in [0.05, 0.1) is 14.2 Å². The van der Waals surface area contributed by atoms with E-state index in [9.17, 15) is 0 Å². The minimum atomic E-state index is 0.245. The molecule has 1 atom stereocenters. The first-order valence-corrected chi connectivity index (χ1v) is 7.56. The molecule has 20 heavy (non-hydrogen) atoms. The minimum absolute atomic E-state index is 0.245. The topological polar surface area (TPSA) is 30.5 Å². The molecule has 0 aromatic heterocycles. The van der Waals surface area contributed by atoms with E-state index in [4.69, 9.17) is 21.1 Å². The average molecular weight is 300 g/mol. The number of hydrogen-bond acceptors (Lipinski definition) is 3. The summed E-state index contributed by atoms with van der Waals surface area (Å²) < 4.78 is 10.7. The first-order valence-electron chi connectivity index (χ1n) is 7.18. The third-order valence-electron chi connectivity index (χ3n) is 3.36. The molecular formula is C16H26ClNO2. The van der Waals surface area contributed by atoms with Crippen molar-refractivity contribution in [3.05, 3.63) is 22.7 Å². The Hall–Kier alpha value is -0.930. The predicted octanol–water partition coefficient (Wildman–Crippen LogP) is 4.44. The van der Waals surface area contributed by atoms with Crippen LogP contribution in [0.4, 0.5) is 0 Å². The Labute approximate surface area is 127 Å². The summed E-state index contributed by atoms with van der Waals surface area (Å²) >= 11 is 6.41. The van der Waals surface area contributed by atoms with E-state index in [1.807, 2.05) is 12.1 Å². The van der Waals surface area contributed by atoms with E-state index >= 15 is 0 Å². The number of nitrogens with one attached hydrogen (secondary N) is 1. The van der Waals surface area contributed by atoms with Gasteiger partial charge < -0.3 is 14.8 Å². The minimum Gasteiger partial charge on any atom is -0.493 e. The Kier molecular flexibility index (Phi) is 7.17. The molecule has 1 aromatic carbocycles. The molecule has 0 saturated carbocycles. The molecule has 4 heteroatoms. The Morgan fingerprint density at radius 2 is 1.70 bits per heavy atom. The van der Waals surface area contributed by atoms with E-state index in [1.54, 1.807) is 14.2 Å². The Balaban J connectivity index is 3.05. The fraction of sp³-hybridized carbons (Fsp3) is 0.625. The Morgan fingerprint density at radius 1 is 1.10 bits per heavy atom. The van der Waals surface area contributed by atoms with Crippen LogP contribution in [0.1, 0.15) is 45.2 Å². The van der Waals surface area contributed by atoms with Crippen molar-refractivity contribution in [2.75, 3.05) is 20.8 Å². The largest absolute Gasteiger partial charge is 0.493 e. The molecule has 0 bridgehead atoms. The molecule has 1 N–H and O–H groups in total. The lowest BCUT2D eigenvalue weighted by Gasteiger charge is -2.22. The van der Waals surface area contributed by atoms with Crippen molar-refractivity contribution >= 4 is 11.6 Å². The molecule has 0 aliphatic carbocycles. The first kappa shape index (κ1) is 17.1. The van der Waals surface area contributed by atoms with Gasteiger partial charge in [-0.1, -0.05) is 32.4 Å². The van der Waals surface area contributed by atoms with Crippen LogP contribution in [0.15, 0.2) is 12.1 Å². The van der Waals surface area contributed by atoms with Gasteiger partial charge in [0, 0.05) is 17.1 Å². The summed E-state index contributed by atoms with van der Waals surface area (Å²) in [6.45, 7) is 7.49. The van der Waals surface area contributed by atoms with Crippen LogP contribution in [-0.2, 0) is 0 Å². The summed E-state index contributed by atoms with van der Waals surface area (Å²) in [6, 6.07) is 4.05. The van der Waals surface area contributed by atoms with E-state index in [0.717, 1.165) is 35.7 Å². The molecule has 3 nitrogen and oxygen atoms in total. The van der Waals surface area contributed by atoms with Crippen molar-refractivity contribution in [1.29, 1.82) is 0 Å². The van der Waals surface area contributed by atoms with Gasteiger partial charge in [0.2, 0.25) is 0 Å². The van der Waals surface area contributed by atoms with Gasteiger partial charge >= 0.3 is 0 Å². The molecule has 1 unspecified atom stereocenters. The molecule has 0 amide bonds. The molecule has 0 aliphatic rings. The highest BCUT2D eigenvalue weighted by atomic mass is 35.5. The number of hydrogen-bond donors (Lipinski definition) is 1. The van der Waals surface area contributed by atoms with Gasteiger partial charge in [-0.2, -0.15) is 0 Å². The van der Waals surface area contributed by atoms with Gasteiger partial charge in [-0.3, -0.25) is 0 Å². The van der Waals surface area contributed by atoms with Crippen molar-refractivity contribution in [1.82, 2.24) is 5.32 Å². The highest BCUT2D eigenvalue weighted by Crippen LogP contribution is 2.37. The van der Waals surface area contributed by atoms with E-state index in [2.05, 4.69) is 26.1 Å². The third-order valence-corrected chi connectivity index (χ3v) is 3.69. The molecule has 0 fully saturated rings. The molecular weight excluding hydrogens is 274 g/mol. The van der Waals surface area contributed by atoms with Crippen LogP contribution in [0, 0.1) is 5.92 Å². The number of halogens is 1. The molecule has 1 aromatic rings. The van der Waals surface area contributed by atoms with Crippen molar-refractivity contribution in [3.63, 3.8) is 0 Å². The first-order chi connectivity index (χ1) is 9.53. The van der Waals surface area contributed by atoms with E-state index in [-0.39, 0.29) is 6.04 Å². The van der Waals surface area contributed by atoms with Crippen molar-refractivity contribution in [2.24, 2.45) is 5.92 Å². The standard InChI is InChI=1S/C16H26ClNO2/c1-6-18-14(8-7-11(2)3)12-9-15(19-4)16(20-5)10-13(12)17/h9-11,14,18H,6-8H2,1-5H3. The smallest absolute Gasteiger partial charge is 0.162 e. The summed E-state index contributed by atoms with van der Waals surface area (Å²) in [6.07, 6.45) is 2.21. The van der Waals surface area contributed by atoms with Crippen LogP contribution in [0.2, 0.25) is 5.02 Å². The van der Waals surface area contributed by atoms with Crippen LogP contribution in [0.3, 0.4) is 0 Å². The number of benzene rings is 1. The maximum Gasteiger partial charge on any atom is 0.162 e. The Bertz CT molecular complexity index is 421. The summed E-state index contributed by atoms with van der Waals surface area (Å²) in [7, 11) is 3.26. The molecule has 0 saturated heterocycles. The monoisotopic (exact) mass is 299 g/mol. The van der Waals surface area contributed by atoms with Crippen LogP contribution < -0.4 is 14.8 Å². The lowest BCUT2D eigenvalue weighted by atomic mass is 9.97. The van der Waals surface area contributed by atoms with Gasteiger partial charge in [0.1, 0.15) is 0 Å². The normalized spacial score (nSPS) is 12.6. The third kappa shape index (κ3) is 4.57. The fourth-order valence-corrected chi connectivity index (χ4v) is 2.54. The molecule has 1 rings (SSSR count). The van der Waals surface area contributed by atoms with Crippen LogP contribution >= 0.6 is 11.6 Å². The lowest BCUT2D eigenvalue weighted by Crippen LogP contribution is -2.21. The van der Waals surface area contributed by atoms with Crippen molar-refractivity contribution in [2.45, 2.75) is 39.7 Å². The lowest BCUT2D eigenvalue weighted by molar-refractivity contribution is 0.353. The summed E-state index contributed by atoms with van der Waals surface area (Å²) in [4.78, 5) is 0. The Morgan fingerprint density at radius 3 is 2.20 bits per heavy atom. The van der Waals surface area contributed by atoms with E-state index < -0.39 is 0 Å². The second-order valence-corrected chi connectivity index (χ2v) is 5.72. The summed E-state index contributed by atoms with van der Waals surface area (Å²) in [5.74, 6) is 2.06. The van der Waals surface area contributed by atoms with Crippen LogP contribution in [0.5, 0.6) is 11.5 Å². The predicted molar refractivity (Wildman–Crippen MR) is 85.0 cm³/mol. The fourth-order valence-electron chi connectivity index (χ4n) is 2.25. The zero-order chi connectivity index (χ0) is 15.1. The number of rotatable bonds is 8. The highest BCUT2D eigenvalue weighted by Gasteiger charge is 2.18. The van der Waals surface area contributed by atoms with Crippen molar-refractivity contribution in [3.8, 4) is 11.5 Å². The molecule has 114 valence electrons. The zero-order valence-corrected chi connectivity index (χ0v) is 13.9. The van der Waals surface area contributed by atoms with Crippen molar-refractivity contribution < 1.29 is 9.47 Å².